The van der Waals surface area contributed by atoms with Gasteiger partial charge in [-0.3, -0.25) is 4.79 Å². The molecule has 0 aliphatic heterocycles. The minimum atomic E-state index is -0.0852. The maximum absolute atomic E-state index is 12.0. The normalized spacial score (nSPS) is 12.1. The Labute approximate surface area is 117 Å². The van der Waals surface area contributed by atoms with Crippen LogP contribution in [0, 0.1) is 0 Å². The van der Waals surface area contributed by atoms with Gasteiger partial charge in [0.2, 0.25) is 0 Å². The minimum Gasteiger partial charge on any atom is -0.350 e. The molecule has 0 aliphatic rings. The van der Waals surface area contributed by atoms with Gasteiger partial charge in [-0.1, -0.05) is 6.92 Å². The van der Waals surface area contributed by atoms with Gasteiger partial charge in [0.05, 0.1) is 5.69 Å². The Bertz CT molecular complexity index is 536. The van der Waals surface area contributed by atoms with Crippen molar-refractivity contribution in [3.8, 4) is 5.69 Å². The second kappa shape index (κ2) is 6.76. The van der Waals surface area contributed by atoms with Crippen LogP contribution < -0.4 is 10.6 Å². The lowest BCUT2D eigenvalue weighted by atomic mass is 10.2. The fourth-order valence-corrected chi connectivity index (χ4v) is 1.81. The van der Waals surface area contributed by atoms with Crippen LogP contribution in [0.3, 0.4) is 0 Å². The third kappa shape index (κ3) is 3.61. The van der Waals surface area contributed by atoms with E-state index in [1.54, 1.807) is 24.3 Å². The molecule has 2 N–H and O–H groups in total. The molecule has 2 aromatic rings. The van der Waals surface area contributed by atoms with Crippen molar-refractivity contribution < 1.29 is 4.79 Å². The van der Waals surface area contributed by atoms with Gasteiger partial charge >= 0.3 is 0 Å². The molecule has 7 nitrogen and oxygen atoms in total. The number of amides is 1. The lowest BCUT2D eigenvalue weighted by molar-refractivity contribution is 0.0950. The lowest BCUT2D eigenvalue weighted by Crippen LogP contribution is -2.38. The number of carbonyl (C=O) groups excluding carboxylic acids is 1. The van der Waals surface area contributed by atoms with Gasteiger partial charge in [0, 0.05) is 18.2 Å². The molecule has 0 saturated heterocycles. The first kappa shape index (κ1) is 14.1. The number of hydrogen-bond acceptors (Lipinski definition) is 5. The fraction of sp³-hybridized carbons (Fsp3) is 0.385. The molecule has 0 spiro atoms. The molecular weight excluding hydrogens is 256 g/mol. The average Bonchev–Trinajstić information content (AvgIpc) is 2.99. The first-order chi connectivity index (χ1) is 9.70. The Morgan fingerprint density at radius 2 is 2.10 bits per heavy atom. The summed E-state index contributed by atoms with van der Waals surface area (Å²) in [4.78, 5) is 12.0. The molecule has 1 heterocycles. The van der Waals surface area contributed by atoms with E-state index in [1.807, 2.05) is 13.8 Å². The van der Waals surface area contributed by atoms with Crippen LogP contribution in [0.15, 0.2) is 30.6 Å². The molecule has 1 aromatic heterocycles. The van der Waals surface area contributed by atoms with Crippen LogP contribution in [0.25, 0.3) is 5.69 Å². The van der Waals surface area contributed by atoms with Gasteiger partial charge in [0.15, 0.2) is 0 Å². The van der Waals surface area contributed by atoms with E-state index in [1.165, 1.54) is 11.0 Å². The SMILES string of the molecule is CCN[C@H](C)CNC(=O)c1ccc(-n2cnnn2)cc1. The zero-order valence-electron chi connectivity index (χ0n) is 11.6. The zero-order chi connectivity index (χ0) is 14.4. The van der Waals surface area contributed by atoms with Crippen LogP contribution in [-0.2, 0) is 0 Å². The van der Waals surface area contributed by atoms with Crippen LogP contribution in [0.5, 0.6) is 0 Å². The zero-order valence-corrected chi connectivity index (χ0v) is 11.6. The number of rotatable bonds is 6. The summed E-state index contributed by atoms with van der Waals surface area (Å²) in [5.74, 6) is -0.0852. The van der Waals surface area contributed by atoms with E-state index in [4.69, 9.17) is 0 Å². The van der Waals surface area contributed by atoms with Gasteiger partial charge in [-0.15, -0.1) is 5.10 Å². The maximum atomic E-state index is 12.0. The summed E-state index contributed by atoms with van der Waals surface area (Å²) >= 11 is 0. The van der Waals surface area contributed by atoms with Crippen LogP contribution in [-0.4, -0.2) is 45.2 Å². The van der Waals surface area contributed by atoms with Gasteiger partial charge in [-0.05, 0) is 48.2 Å². The summed E-state index contributed by atoms with van der Waals surface area (Å²) in [6.45, 7) is 5.56. The number of tetrazole rings is 1. The number of carbonyl (C=O) groups is 1. The Morgan fingerprint density at radius 1 is 1.35 bits per heavy atom. The van der Waals surface area contributed by atoms with Crippen molar-refractivity contribution in [3.63, 3.8) is 0 Å². The number of likely N-dealkylation sites (N-methyl/N-ethyl adjacent to an activating group) is 1. The number of aromatic nitrogens is 4. The summed E-state index contributed by atoms with van der Waals surface area (Å²) in [5.41, 5.74) is 1.43. The maximum Gasteiger partial charge on any atom is 0.251 e. The second-order valence-corrected chi connectivity index (χ2v) is 4.47. The summed E-state index contributed by atoms with van der Waals surface area (Å²) in [7, 11) is 0. The molecule has 1 amide bonds. The minimum absolute atomic E-state index is 0.0852. The highest BCUT2D eigenvalue weighted by molar-refractivity contribution is 5.94. The molecule has 0 fully saturated rings. The number of benzene rings is 1. The molecule has 0 radical (unpaired) electrons. The molecule has 1 aromatic carbocycles. The molecule has 0 bridgehead atoms. The first-order valence-corrected chi connectivity index (χ1v) is 6.55. The average molecular weight is 274 g/mol. The van der Waals surface area contributed by atoms with Crippen molar-refractivity contribution in [1.82, 2.24) is 30.8 Å². The summed E-state index contributed by atoms with van der Waals surface area (Å²) in [6, 6.07) is 7.37. The molecule has 0 aliphatic carbocycles. The Balaban J connectivity index is 1.94. The van der Waals surface area contributed by atoms with Gasteiger partial charge in [-0.25, -0.2) is 4.68 Å². The van der Waals surface area contributed by atoms with E-state index in [9.17, 15) is 4.79 Å². The molecule has 7 heteroatoms. The van der Waals surface area contributed by atoms with Crippen molar-refractivity contribution in [1.29, 1.82) is 0 Å². The first-order valence-electron chi connectivity index (χ1n) is 6.55. The summed E-state index contributed by atoms with van der Waals surface area (Å²) < 4.78 is 1.54. The summed E-state index contributed by atoms with van der Waals surface area (Å²) in [6.07, 6.45) is 1.51. The van der Waals surface area contributed by atoms with Crippen molar-refractivity contribution in [2.24, 2.45) is 0 Å². The van der Waals surface area contributed by atoms with E-state index in [-0.39, 0.29) is 11.9 Å². The Hall–Kier alpha value is -2.28. The predicted molar refractivity (Wildman–Crippen MR) is 74.6 cm³/mol. The fourth-order valence-electron chi connectivity index (χ4n) is 1.81. The van der Waals surface area contributed by atoms with E-state index in [0.717, 1.165) is 12.2 Å². The van der Waals surface area contributed by atoms with E-state index >= 15 is 0 Å². The standard InChI is InChI=1S/C13H18N6O/c1-3-14-10(2)8-15-13(20)11-4-6-12(7-5-11)19-9-16-17-18-19/h4-7,9-10,14H,3,8H2,1-2H3,(H,15,20)/t10-/m1/s1. The molecule has 106 valence electrons. The van der Waals surface area contributed by atoms with Gasteiger partial charge < -0.3 is 10.6 Å². The highest BCUT2D eigenvalue weighted by Gasteiger charge is 2.07. The monoisotopic (exact) mass is 274 g/mol. The molecule has 20 heavy (non-hydrogen) atoms. The van der Waals surface area contributed by atoms with Crippen LogP contribution >= 0.6 is 0 Å². The summed E-state index contributed by atoms with van der Waals surface area (Å²) in [5, 5.41) is 17.1. The quantitative estimate of drug-likeness (QED) is 0.796. The molecule has 0 unspecified atom stereocenters. The van der Waals surface area contributed by atoms with Crippen LogP contribution in [0.2, 0.25) is 0 Å². The van der Waals surface area contributed by atoms with Crippen molar-refractivity contribution in [2.45, 2.75) is 19.9 Å². The largest absolute Gasteiger partial charge is 0.350 e. The third-order valence-electron chi connectivity index (χ3n) is 2.86. The molecular formula is C13H18N6O. The topological polar surface area (TPSA) is 84.7 Å². The van der Waals surface area contributed by atoms with E-state index < -0.39 is 0 Å². The Kier molecular flexibility index (Phi) is 4.78. The molecule has 0 saturated carbocycles. The van der Waals surface area contributed by atoms with Crippen LogP contribution in [0.4, 0.5) is 0 Å². The van der Waals surface area contributed by atoms with E-state index in [0.29, 0.717) is 12.1 Å². The van der Waals surface area contributed by atoms with Crippen molar-refractivity contribution in [2.75, 3.05) is 13.1 Å². The van der Waals surface area contributed by atoms with Gasteiger partial charge in [0.1, 0.15) is 6.33 Å². The number of hydrogen-bond donors (Lipinski definition) is 2. The Morgan fingerprint density at radius 3 is 2.70 bits per heavy atom. The van der Waals surface area contributed by atoms with Crippen LogP contribution in [0.1, 0.15) is 24.2 Å². The van der Waals surface area contributed by atoms with Gasteiger partial charge in [-0.2, -0.15) is 0 Å². The smallest absolute Gasteiger partial charge is 0.251 e. The van der Waals surface area contributed by atoms with Crippen molar-refractivity contribution >= 4 is 5.91 Å². The predicted octanol–water partition coefficient (Wildman–Crippen LogP) is 0.390. The number of nitrogens with zero attached hydrogens (tertiary/aromatic N) is 4. The second-order valence-electron chi connectivity index (χ2n) is 4.47. The van der Waals surface area contributed by atoms with Crippen molar-refractivity contribution in [3.05, 3.63) is 36.2 Å². The highest BCUT2D eigenvalue weighted by Crippen LogP contribution is 2.07. The number of nitrogens with one attached hydrogen (secondary N) is 2. The third-order valence-corrected chi connectivity index (χ3v) is 2.86. The van der Waals surface area contributed by atoms with Gasteiger partial charge in [0.25, 0.3) is 5.91 Å². The molecule has 1 atom stereocenters. The molecule has 2 rings (SSSR count). The highest BCUT2D eigenvalue weighted by atomic mass is 16.1. The lowest BCUT2D eigenvalue weighted by Gasteiger charge is -2.13. The van der Waals surface area contributed by atoms with E-state index in [2.05, 4.69) is 26.2 Å².